The first-order valence-electron chi connectivity index (χ1n) is 11.9. The number of para-hydroxylation sites is 1. The number of carbonyl (C=O) groups is 2. The minimum absolute atomic E-state index is 0.00439. The minimum Gasteiger partial charge on any atom is -0.488 e. The van der Waals surface area contributed by atoms with Crippen LogP contribution in [0.5, 0.6) is 5.75 Å². The molecule has 0 saturated carbocycles. The summed E-state index contributed by atoms with van der Waals surface area (Å²) in [4.78, 5) is 37.8. The van der Waals surface area contributed by atoms with E-state index in [1.165, 1.54) is 11.3 Å². The third kappa shape index (κ3) is 7.03. The lowest BCUT2D eigenvalue weighted by Gasteiger charge is -2.13. The molecule has 2 N–H and O–H groups in total. The third-order valence-corrected chi connectivity index (χ3v) is 7.05. The molecule has 2 aromatic heterocycles. The molecule has 1 aliphatic heterocycles. The number of ether oxygens (including phenoxy) is 2. The number of aliphatic carboxylic acids is 1. The van der Waals surface area contributed by atoms with E-state index in [0.29, 0.717) is 29.2 Å². The SMILES string of the molecule is CN(C)CCCNC(=O)c1sc2c(c1OCC1CCCO1)c(=O)n(C)c1ccccc21.O=C(O)C(F)(F)F. The third-order valence-electron chi connectivity index (χ3n) is 5.85. The monoisotopic (exact) mass is 557 g/mol. The summed E-state index contributed by atoms with van der Waals surface area (Å²) in [6, 6.07) is 7.76. The minimum atomic E-state index is -5.08. The van der Waals surface area contributed by atoms with E-state index in [9.17, 15) is 22.8 Å². The summed E-state index contributed by atoms with van der Waals surface area (Å²) < 4.78 is 46.0. The zero-order valence-corrected chi connectivity index (χ0v) is 22.1. The van der Waals surface area contributed by atoms with E-state index in [-0.39, 0.29) is 17.6 Å². The maximum Gasteiger partial charge on any atom is 0.490 e. The highest BCUT2D eigenvalue weighted by atomic mass is 32.1. The van der Waals surface area contributed by atoms with E-state index < -0.39 is 12.1 Å². The number of aryl methyl sites for hydroxylation is 1. The number of alkyl halides is 3. The molecule has 0 bridgehead atoms. The highest BCUT2D eigenvalue weighted by Crippen LogP contribution is 2.39. The summed E-state index contributed by atoms with van der Waals surface area (Å²) in [6.45, 7) is 2.52. The second-order valence-electron chi connectivity index (χ2n) is 9.01. The van der Waals surface area contributed by atoms with Crippen LogP contribution in [0.2, 0.25) is 0 Å². The number of pyridine rings is 1. The summed E-state index contributed by atoms with van der Waals surface area (Å²) in [6.07, 6.45) is -2.31. The highest BCUT2D eigenvalue weighted by molar-refractivity contribution is 7.22. The number of carbonyl (C=O) groups excluding carboxylic acids is 1. The van der Waals surface area contributed by atoms with Crippen molar-refractivity contribution in [3.63, 3.8) is 0 Å². The van der Waals surface area contributed by atoms with Crippen LogP contribution in [-0.2, 0) is 16.6 Å². The number of hydrogen-bond donors (Lipinski definition) is 2. The Kier molecular flexibility index (Phi) is 9.74. The predicted octanol–water partition coefficient (Wildman–Crippen LogP) is 3.63. The van der Waals surface area contributed by atoms with Gasteiger partial charge in [-0.25, -0.2) is 4.79 Å². The Morgan fingerprint density at radius 2 is 1.97 bits per heavy atom. The zero-order valence-electron chi connectivity index (χ0n) is 21.3. The smallest absolute Gasteiger partial charge is 0.488 e. The number of nitrogens with zero attached hydrogens (tertiary/aromatic N) is 2. The van der Waals surface area contributed by atoms with Crippen LogP contribution in [0, 0.1) is 0 Å². The largest absolute Gasteiger partial charge is 0.490 e. The van der Waals surface area contributed by atoms with Gasteiger partial charge in [-0.15, -0.1) is 11.3 Å². The van der Waals surface area contributed by atoms with Crippen molar-refractivity contribution in [2.75, 3.05) is 40.4 Å². The van der Waals surface area contributed by atoms with Crippen molar-refractivity contribution in [2.24, 2.45) is 7.05 Å². The summed E-state index contributed by atoms with van der Waals surface area (Å²) in [5.74, 6) is -2.58. The van der Waals surface area contributed by atoms with E-state index in [1.807, 2.05) is 38.4 Å². The molecule has 0 radical (unpaired) electrons. The van der Waals surface area contributed by atoms with Gasteiger partial charge in [-0.2, -0.15) is 13.2 Å². The van der Waals surface area contributed by atoms with Crippen LogP contribution in [0.3, 0.4) is 0 Å². The van der Waals surface area contributed by atoms with Gasteiger partial charge in [0.05, 0.1) is 16.3 Å². The van der Waals surface area contributed by atoms with Gasteiger partial charge in [0.25, 0.3) is 11.5 Å². The summed E-state index contributed by atoms with van der Waals surface area (Å²) in [7, 11) is 5.77. The number of aromatic nitrogens is 1. The fourth-order valence-corrected chi connectivity index (χ4v) is 5.14. The van der Waals surface area contributed by atoms with E-state index in [0.717, 1.165) is 48.0 Å². The van der Waals surface area contributed by atoms with Crippen molar-refractivity contribution in [1.29, 1.82) is 0 Å². The number of hydrogen-bond acceptors (Lipinski definition) is 7. The molecule has 4 rings (SSSR count). The van der Waals surface area contributed by atoms with Gasteiger partial charge < -0.3 is 29.4 Å². The number of carboxylic acids is 1. The summed E-state index contributed by atoms with van der Waals surface area (Å²) in [5.41, 5.74) is 0.684. The van der Waals surface area contributed by atoms with E-state index in [4.69, 9.17) is 19.4 Å². The van der Waals surface area contributed by atoms with Gasteiger partial charge in [0.1, 0.15) is 16.9 Å². The molecule has 0 aliphatic carbocycles. The van der Waals surface area contributed by atoms with Gasteiger partial charge in [-0.3, -0.25) is 9.59 Å². The van der Waals surface area contributed by atoms with Gasteiger partial charge >= 0.3 is 12.1 Å². The number of fused-ring (bicyclic) bond motifs is 3. The maximum absolute atomic E-state index is 13.3. The molecule has 13 heteroatoms. The molecule has 1 fully saturated rings. The Hall–Kier alpha value is -3.16. The molecule has 38 heavy (non-hydrogen) atoms. The Morgan fingerprint density at radius 3 is 2.58 bits per heavy atom. The summed E-state index contributed by atoms with van der Waals surface area (Å²) in [5, 5.41) is 11.5. The Morgan fingerprint density at radius 1 is 1.29 bits per heavy atom. The second-order valence-corrected chi connectivity index (χ2v) is 10.0. The molecule has 9 nitrogen and oxygen atoms in total. The normalized spacial score (nSPS) is 15.5. The second kappa shape index (κ2) is 12.6. The van der Waals surface area contributed by atoms with Crippen LogP contribution in [0.15, 0.2) is 29.1 Å². The van der Waals surface area contributed by atoms with Crippen molar-refractivity contribution in [1.82, 2.24) is 14.8 Å². The van der Waals surface area contributed by atoms with Crippen molar-refractivity contribution >= 4 is 44.2 Å². The zero-order chi connectivity index (χ0) is 28.0. The fourth-order valence-electron chi connectivity index (χ4n) is 3.95. The number of amides is 1. The molecule has 1 amide bonds. The van der Waals surface area contributed by atoms with E-state index >= 15 is 0 Å². The van der Waals surface area contributed by atoms with Crippen molar-refractivity contribution in [2.45, 2.75) is 31.5 Å². The highest BCUT2D eigenvalue weighted by Gasteiger charge is 2.38. The number of carboxylic acid groups (broad SMARTS) is 1. The van der Waals surface area contributed by atoms with Crippen LogP contribution >= 0.6 is 11.3 Å². The van der Waals surface area contributed by atoms with E-state index in [1.54, 1.807) is 11.6 Å². The first kappa shape index (κ1) is 29.4. The van der Waals surface area contributed by atoms with Crippen molar-refractivity contribution < 1.29 is 37.3 Å². The topological polar surface area (TPSA) is 110 Å². The van der Waals surface area contributed by atoms with Crippen LogP contribution in [-0.4, -0.2) is 79.1 Å². The lowest BCUT2D eigenvalue weighted by atomic mass is 10.1. The molecule has 0 spiro atoms. The molecule has 3 heterocycles. The first-order valence-corrected chi connectivity index (χ1v) is 12.7. The number of halogens is 3. The Labute approximate surface area is 220 Å². The average molecular weight is 558 g/mol. The Bertz CT molecular complexity index is 1350. The van der Waals surface area contributed by atoms with Crippen LogP contribution in [0.25, 0.3) is 21.0 Å². The molecular weight excluding hydrogens is 527 g/mol. The molecular formula is C25H30F3N3O6S. The van der Waals surface area contributed by atoms with Crippen LogP contribution in [0.1, 0.15) is 28.9 Å². The van der Waals surface area contributed by atoms with Gasteiger partial charge in [0, 0.05) is 25.6 Å². The van der Waals surface area contributed by atoms with Crippen LogP contribution in [0.4, 0.5) is 13.2 Å². The molecule has 3 aromatic rings. The standard InChI is InChI=1S/C23H29N3O4S.C2HF3O2/c1-25(2)12-7-11-24-22(27)21-19(30-14-15-8-6-13-29-15)18-20(31-21)16-9-4-5-10-17(16)26(3)23(18)28;3-2(4,5)1(6)7/h4-5,9-10,15H,6-8,11-14H2,1-3H3,(H,24,27);(H,6,7). The molecule has 1 atom stereocenters. The molecule has 208 valence electrons. The maximum atomic E-state index is 13.3. The first-order chi connectivity index (χ1) is 17.9. The Balaban J connectivity index is 0.000000505. The number of benzene rings is 1. The molecule has 1 unspecified atom stereocenters. The predicted molar refractivity (Wildman–Crippen MR) is 138 cm³/mol. The van der Waals surface area contributed by atoms with Crippen LogP contribution < -0.4 is 15.6 Å². The summed E-state index contributed by atoms with van der Waals surface area (Å²) >= 11 is 1.33. The molecule has 1 aliphatic rings. The van der Waals surface area contributed by atoms with Gasteiger partial charge in [0.15, 0.2) is 5.75 Å². The lowest BCUT2D eigenvalue weighted by Crippen LogP contribution is -2.27. The van der Waals surface area contributed by atoms with Gasteiger partial charge in [-0.05, 0) is 46.0 Å². The van der Waals surface area contributed by atoms with Crippen molar-refractivity contribution in [3.05, 3.63) is 39.5 Å². The molecule has 1 aromatic carbocycles. The van der Waals surface area contributed by atoms with Crippen molar-refractivity contribution in [3.8, 4) is 5.75 Å². The quantitative estimate of drug-likeness (QED) is 0.407. The molecule has 1 saturated heterocycles. The number of thiophene rings is 1. The van der Waals surface area contributed by atoms with Gasteiger partial charge in [-0.1, -0.05) is 18.2 Å². The number of rotatable bonds is 8. The fraction of sp³-hybridized carbons (Fsp3) is 0.480. The average Bonchev–Trinajstić information content (AvgIpc) is 3.51. The van der Waals surface area contributed by atoms with E-state index in [2.05, 4.69) is 10.2 Å². The lowest BCUT2D eigenvalue weighted by molar-refractivity contribution is -0.192. The van der Waals surface area contributed by atoms with Gasteiger partial charge in [0.2, 0.25) is 0 Å². The number of nitrogens with one attached hydrogen (secondary N) is 1.